The molecule has 2 N–H and O–H groups in total. The van der Waals surface area contributed by atoms with Crippen molar-refractivity contribution in [2.24, 2.45) is 0 Å². The molecule has 0 saturated heterocycles. The highest BCUT2D eigenvalue weighted by atomic mass is 16.5. The van der Waals surface area contributed by atoms with Gasteiger partial charge < -0.3 is 10.1 Å². The maximum absolute atomic E-state index is 11.0. The van der Waals surface area contributed by atoms with E-state index in [0.717, 1.165) is 17.2 Å². The fraction of sp³-hybridized carbons (Fsp3) is 0.214. The molecule has 0 fully saturated rings. The van der Waals surface area contributed by atoms with Crippen molar-refractivity contribution >= 4 is 17.5 Å². The second-order valence-corrected chi connectivity index (χ2v) is 4.14. The summed E-state index contributed by atoms with van der Waals surface area (Å²) >= 11 is 0. The van der Waals surface area contributed by atoms with Crippen LogP contribution >= 0.6 is 0 Å². The fourth-order valence-corrected chi connectivity index (χ4v) is 1.64. The summed E-state index contributed by atoms with van der Waals surface area (Å²) in [5, 5.41) is 5.84. The number of aryl methyl sites for hydroxylation is 1. The molecule has 0 bridgehead atoms. The number of hydrogen-bond donors (Lipinski definition) is 2. The fourth-order valence-electron chi connectivity index (χ4n) is 1.64. The van der Waals surface area contributed by atoms with Crippen LogP contribution in [0.1, 0.15) is 11.5 Å². The van der Waals surface area contributed by atoms with E-state index in [4.69, 9.17) is 0 Å². The summed E-state index contributed by atoms with van der Waals surface area (Å²) in [5.74, 6) is 0.752. The molecular formula is C14H16N4O2. The SMILES string of the molecule is COC(=O)Nc1ccc(NCc2ccnc(C)n2)cc1. The lowest BCUT2D eigenvalue weighted by atomic mass is 10.2. The van der Waals surface area contributed by atoms with E-state index < -0.39 is 6.09 Å². The Labute approximate surface area is 117 Å². The lowest BCUT2D eigenvalue weighted by Crippen LogP contribution is -2.10. The monoisotopic (exact) mass is 272 g/mol. The van der Waals surface area contributed by atoms with Crippen molar-refractivity contribution in [3.63, 3.8) is 0 Å². The summed E-state index contributed by atoms with van der Waals surface area (Å²) in [6.45, 7) is 2.48. The first-order valence-corrected chi connectivity index (χ1v) is 6.15. The van der Waals surface area contributed by atoms with Gasteiger partial charge in [-0.2, -0.15) is 0 Å². The number of benzene rings is 1. The molecule has 1 amide bonds. The van der Waals surface area contributed by atoms with Crippen molar-refractivity contribution in [1.82, 2.24) is 9.97 Å². The number of rotatable bonds is 4. The van der Waals surface area contributed by atoms with Crippen LogP contribution in [0.5, 0.6) is 0 Å². The summed E-state index contributed by atoms with van der Waals surface area (Å²) in [6, 6.07) is 9.21. The van der Waals surface area contributed by atoms with Gasteiger partial charge in [0, 0.05) is 17.6 Å². The number of ether oxygens (including phenoxy) is 1. The number of amides is 1. The van der Waals surface area contributed by atoms with Gasteiger partial charge in [0.15, 0.2) is 0 Å². The molecule has 1 aromatic carbocycles. The average Bonchev–Trinajstić information content (AvgIpc) is 2.46. The number of nitrogens with zero attached hydrogens (tertiary/aromatic N) is 2. The number of carbonyl (C=O) groups excluding carboxylic acids is 1. The molecule has 0 saturated carbocycles. The number of aromatic nitrogens is 2. The molecule has 0 aliphatic carbocycles. The van der Waals surface area contributed by atoms with Crippen LogP contribution in [-0.2, 0) is 11.3 Å². The van der Waals surface area contributed by atoms with Crippen molar-refractivity contribution in [3.05, 3.63) is 48.0 Å². The van der Waals surface area contributed by atoms with Crippen molar-refractivity contribution in [2.75, 3.05) is 17.7 Å². The highest BCUT2D eigenvalue weighted by Gasteiger charge is 2.00. The third-order valence-electron chi connectivity index (χ3n) is 2.62. The molecule has 1 heterocycles. The van der Waals surface area contributed by atoms with E-state index in [2.05, 4.69) is 25.3 Å². The van der Waals surface area contributed by atoms with Crippen LogP contribution in [0.4, 0.5) is 16.2 Å². The van der Waals surface area contributed by atoms with Crippen LogP contribution in [0, 0.1) is 6.92 Å². The molecule has 20 heavy (non-hydrogen) atoms. The number of nitrogens with one attached hydrogen (secondary N) is 2. The van der Waals surface area contributed by atoms with Crippen molar-refractivity contribution in [1.29, 1.82) is 0 Å². The van der Waals surface area contributed by atoms with Crippen LogP contribution in [0.15, 0.2) is 36.5 Å². The highest BCUT2D eigenvalue weighted by molar-refractivity contribution is 5.84. The number of carbonyl (C=O) groups is 1. The van der Waals surface area contributed by atoms with Gasteiger partial charge in [0.1, 0.15) is 5.82 Å². The molecular weight excluding hydrogens is 256 g/mol. The van der Waals surface area contributed by atoms with Crippen LogP contribution in [-0.4, -0.2) is 23.2 Å². The minimum atomic E-state index is -0.484. The summed E-state index contributed by atoms with van der Waals surface area (Å²) < 4.78 is 4.52. The van der Waals surface area contributed by atoms with Gasteiger partial charge in [-0.25, -0.2) is 14.8 Å². The van der Waals surface area contributed by atoms with Crippen LogP contribution in [0.25, 0.3) is 0 Å². The van der Waals surface area contributed by atoms with Gasteiger partial charge in [0.25, 0.3) is 0 Å². The van der Waals surface area contributed by atoms with Crippen molar-refractivity contribution in [3.8, 4) is 0 Å². The minimum absolute atomic E-state index is 0.484. The standard InChI is InChI=1S/C14H16N4O2/c1-10-15-8-7-13(17-10)9-16-11-3-5-12(6-4-11)18-14(19)20-2/h3-8,16H,9H2,1-2H3,(H,18,19). The van der Waals surface area contributed by atoms with Crippen molar-refractivity contribution < 1.29 is 9.53 Å². The molecule has 0 aliphatic heterocycles. The molecule has 2 rings (SSSR count). The Balaban J connectivity index is 1.92. The number of hydrogen-bond acceptors (Lipinski definition) is 5. The van der Waals surface area contributed by atoms with Gasteiger partial charge in [-0.05, 0) is 37.3 Å². The molecule has 6 heteroatoms. The second kappa shape index (κ2) is 6.51. The molecule has 6 nitrogen and oxygen atoms in total. The Morgan fingerprint density at radius 3 is 2.55 bits per heavy atom. The summed E-state index contributed by atoms with van der Waals surface area (Å²) in [6.07, 6.45) is 1.25. The average molecular weight is 272 g/mol. The third kappa shape index (κ3) is 3.94. The zero-order valence-electron chi connectivity index (χ0n) is 11.4. The van der Waals surface area contributed by atoms with E-state index >= 15 is 0 Å². The maximum atomic E-state index is 11.0. The minimum Gasteiger partial charge on any atom is -0.453 e. The first-order valence-electron chi connectivity index (χ1n) is 6.15. The Morgan fingerprint density at radius 1 is 1.20 bits per heavy atom. The number of anilines is 2. The Bertz CT molecular complexity index is 584. The maximum Gasteiger partial charge on any atom is 0.411 e. The molecule has 2 aromatic rings. The van der Waals surface area contributed by atoms with E-state index in [0.29, 0.717) is 12.2 Å². The van der Waals surface area contributed by atoms with Crippen molar-refractivity contribution in [2.45, 2.75) is 13.5 Å². The van der Waals surface area contributed by atoms with E-state index in [1.807, 2.05) is 25.1 Å². The largest absolute Gasteiger partial charge is 0.453 e. The normalized spacial score (nSPS) is 9.90. The van der Waals surface area contributed by atoms with Gasteiger partial charge in [-0.3, -0.25) is 5.32 Å². The van der Waals surface area contributed by atoms with E-state index in [1.165, 1.54) is 7.11 Å². The highest BCUT2D eigenvalue weighted by Crippen LogP contribution is 2.14. The lowest BCUT2D eigenvalue weighted by molar-refractivity contribution is 0.187. The zero-order chi connectivity index (χ0) is 14.4. The second-order valence-electron chi connectivity index (χ2n) is 4.14. The molecule has 0 unspecified atom stereocenters. The molecule has 1 aromatic heterocycles. The predicted molar refractivity (Wildman–Crippen MR) is 76.6 cm³/mol. The molecule has 0 spiro atoms. The first-order chi connectivity index (χ1) is 9.67. The quantitative estimate of drug-likeness (QED) is 0.894. The van der Waals surface area contributed by atoms with Gasteiger partial charge in [0.2, 0.25) is 0 Å². The predicted octanol–water partition coefficient (Wildman–Crippen LogP) is 2.58. The molecule has 0 atom stereocenters. The smallest absolute Gasteiger partial charge is 0.411 e. The third-order valence-corrected chi connectivity index (χ3v) is 2.62. The zero-order valence-corrected chi connectivity index (χ0v) is 11.4. The Kier molecular flexibility index (Phi) is 4.49. The first kappa shape index (κ1) is 13.8. The Hall–Kier alpha value is -2.63. The van der Waals surface area contributed by atoms with E-state index in [9.17, 15) is 4.79 Å². The Morgan fingerprint density at radius 2 is 1.90 bits per heavy atom. The topological polar surface area (TPSA) is 76.1 Å². The van der Waals surface area contributed by atoms with Gasteiger partial charge in [-0.15, -0.1) is 0 Å². The lowest BCUT2D eigenvalue weighted by Gasteiger charge is -2.08. The summed E-state index contributed by atoms with van der Waals surface area (Å²) in [7, 11) is 1.33. The molecule has 0 radical (unpaired) electrons. The summed E-state index contributed by atoms with van der Waals surface area (Å²) in [4.78, 5) is 19.4. The summed E-state index contributed by atoms with van der Waals surface area (Å²) in [5.41, 5.74) is 2.55. The van der Waals surface area contributed by atoms with E-state index in [-0.39, 0.29) is 0 Å². The van der Waals surface area contributed by atoms with E-state index in [1.54, 1.807) is 18.3 Å². The van der Waals surface area contributed by atoms with Gasteiger partial charge >= 0.3 is 6.09 Å². The van der Waals surface area contributed by atoms with Crippen LogP contribution < -0.4 is 10.6 Å². The van der Waals surface area contributed by atoms with Crippen LogP contribution in [0.3, 0.4) is 0 Å². The van der Waals surface area contributed by atoms with Gasteiger partial charge in [-0.1, -0.05) is 0 Å². The van der Waals surface area contributed by atoms with Crippen LogP contribution in [0.2, 0.25) is 0 Å². The molecule has 0 aliphatic rings. The van der Waals surface area contributed by atoms with Gasteiger partial charge in [0.05, 0.1) is 19.3 Å². The number of methoxy groups -OCH3 is 1. The molecule has 104 valence electrons.